The number of carbonyl (C=O) groups excluding carboxylic acids is 1. The zero-order chi connectivity index (χ0) is 17.2. The van der Waals surface area contributed by atoms with Crippen molar-refractivity contribution >= 4 is 5.91 Å². The Balaban J connectivity index is 1.34. The molecule has 132 valence electrons. The zero-order valence-corrected chi connectivity index (χ0v) is 14.4. The molecule has 25 heavy (non-hydrogen) atoms. The molecule has 3 atom stereocenters. The number of hydrogen-bond donors (Lipinski definition) is 0. The number of hydrogen-bond acceptors (Lipinski definition) is 4. The standard InChI is InChI=1S/C20H24N2O3/c21-11-15-2-1-3-16(10-15)20(23)22-9-8-19-18(22)7-6-17(25-19)13-24-12-14-4-5-14/h1-3,10,14,17-19H,4-9,12-13H2/t17-,18+,19+/m1/s1. The van der Waals surface area contributed by atoms with E-state index in [2.05, 4.69) is 6.07 Å². The van der Waals surface area contributed by atoms with E-state index in [0.717, 1.165) is 38.3 Å². The topological polar surface area (TPSA) is 62.6 Å². The number of ether oxygens (including phenoxy) is 2. The first-order valence-corrected chi connectivity index (χ1v) is 9.29. The monoisotopic (exact) mass is 340 g/mol. The summed E-state index contributed by atoms with van der Waals surface area (Å²) in [6.07, 6.45) is 5.68. The quantitative estimate of drug-likeness (QED) is 0.827. The van der Waals surface area contributed by atoms with Gasteiger partial charge in [-0.15, -0.1) is 0 Å². The highest BCUT2D eigenvalue weighted by Crippen LogP contribution is 2.33. The third-order valence-electron chi connectivity index (χ3n) is 5.49. The molecule has 2 heterocycles. The molecule has 0 unspecified atom stereocenters. The molecule has 5 heteroatoms. The van der Waals surface area contributed by atoms with Gasteiger partial charge < -0.3 is 14.4 Å². The van der Waals surface area contributed by atoms with Crippen LogP contribution in [0.15, 0.2) is 24.3 Å². The van der Waals surface area contributed by atoms with Gasteiger partial charge in [0.15, 0.2) is 0 Å². The minimum Gasteiger partial charge on any atom is -0.378 e. The average molecular weight is 340 g/mol. The number of fused-ring (bicyclic) bond motifs is 1. The molecular formula is C20H24N2O3. The van der Waals surface area contributed by atoms with Crippen molar-refractivity contribution < 1.29 is 14.3 Å². The van der Waals surface area contributed by atoms with Crippen molar-refractivity contribution in [2.45, 2.75) is 50.4 Å². The molecule has 0 bridgehead atoms. The van der Waals surface area contributed by atoms with E-state index < -0.39 is 0 Å². The number of nitriles is 1. The van der Waals surface area contributed by atoms with Crippen molar-refractivity contribution in [3.05, 3.63) is 35.4 Å². The van der Waals surface area contributed by atoms with E-state index >= 15 is 0 Å². The predicted octanol–water partition coefficient (Wildman–Crippen LogP) is 2.75. The SMILES string of the molecule is N#Cc1cccc(C(=O)N2CC[C@@H]3O[C@@H](COCC4CC4)CC[C@@H]32)c1. The summed E-state index contributed by atoms with van der Waals surface area (Å²) in [6.45, 7) is 2.27. The summed E-state index contributed by atoms with van der Waals surface area (Å²) < 4.78 is 12.0. The molecule has 1 saturated carbocycles. The van der Waals surface area contributed by atoms with E-state index in [1.165, 1.54) is 12.8 Å². The van der Waals surface area contributed by atoms with Gasteiger partial charge in [0.05, 0.1) is 36.5 Å². The molecule has 2 aliphatic heterocycles. The molecular weight excluding hydrogens is 316 g/mol. The van der Waals surface area contributed by atoms with Crippen LogP contribution in [-0.2, 0) is 9.47 Å². The third-order valence-corrected chi connectivity index (χ3v) is 5.49. The number of carbonyl (C=O) groups is 1. The fourth-order valence-electron chi connectivity index (χ4n) is 3.91. The summed E-state index contributed by atoms with van der Waals surface area (Å²) in [5.74, 6) is 0.789. The van der Waals surface area contributed by atoms with E-state index in [9.17, 15) is 4.79 Å². The molecule has 0 spiro atoms. The summed E-state index contributed by atoms with van der Waals surface area (Å²) in [7, 11) is 0. The van der Waals surface area contributed by atoms with Crippen LogP contribution in [0.5, 0.6) is 0 Å². The van der Waals surface area contributed by atoms with Gasteiger partial charge in [-0.1, -0.05) is 6.07 Å². The van der Waals surface area contributed by atoms with Gasteiger partial charge in [-0.25, -0.2) is 0 Å². The number of rotatable bonds is 5. The van der Waals surface area contributed by atoms with Crippen molar-refractivity contribution in [1.29, 1.82) is 5.26 Å². The van der Waals surface area contributed by atoms with Gasteiger partial charge in [-0.3, -0.25) is 4.79 Å². The molecule has 4 rings (SSSR count). The average Bonchev–Trinajstić information content (AvgIpc) is 3.38. The number of amides is 1. The summed E-state index contributed by atoms with van der Waals surface area (Å²) in [5, 5.41) is 9.03. The van der Waals surface area contributed by atoms with E-state index in [1.807, 2.05) is 4.90 Å². The lowest BCUT2D eigenvalue weighted by Crippen LogP contribution is -2.46. The predicted molar refractivity (Wildman–Crippen MR) is 92.0 cm³/mol. The molecule has 1 aromatic carbocycles. The highest BCUT2D eigenvalue weighted by molar-refractivity contribution is 5.95. The van der Waals surface area contributed by atoms with Crippen LogP contribution in [0.2, 0.25) is 0 Å². The summed E-state index contributed by atoms with van der Waals surface area (Å²) in [6, 6.07) is 9.20. The van der Waals surface area contributed by atoms with Gasteiger partial charge in [0, 0.05) is 18.7 Å². The molecule has 1 aromatic rings. The fraction of sp³-hybridized carbons (Fsp3) is 0.600. The van der Waals surface area contributed by atoms with Crippen LogP contribution in [0.25, 0.3) is 0 Å². The van der Waals surface area contributed by atoms with Gasteiger partial charge in [0.1, 0.15) is 0 Å². The molecule has 1 amide bonds. The lowest BCUT2D eigenvalue weighted by atomic mass is 9.99. The van der Waals surface area contributed by atoms with E-state index in [1.54, 1.807) is 24.3 Å². The van der Waals surface area contributed by atoms with Crippen LogP contribution < -0.4 is 0 Å². The van der Waals surface area contributed by atoms with Crippen molar-refractivity contribution in [3.8, 4) is 6.07 Å². The van der Waals surface area contributed by atoms with Gasteiger partial charge in [0.25, 0.3) is 5.91 Å². The Morgan fingerprint density at radius 1 is 1.24 bits per heavy atom. The van der Waals surface area contributed by atoms with Crippen molar-refractivity contribution in [2.75, 3.05) is 19.8 Å². The number of benzene rings is 1. The van der Waals surface area contributed by atoms with Gasteiger partial charge >= 0.3 is 0 Å². The lowest BCUT2D eigenvalue weighted by Gasteiger charge is -2.36. The fourth-order valence-corrected chi connectivity index (χ4v) is 3.91. The van der Waals surface area contributed by atoms with Crippen LogP contribution in [0.1, 0.15) is 48.0 Å². The minimum absolute atomic E-state index is 0.0108. The molecule has 1 aliphatic carbocycles. The van der Waals surface area contributed by atoms with E-state index in [-0.39, 0.29) is 24.2 Å². The molecule has 5 nitrogen and oxygen atoms in total. The Morgan fingerprint density at radius 3 is 2.92 bits per heavy atom. The third kappa shape index (κ3) is 3.70. The molecule has 0 N–H and O–H groups in total. The first-order chi connectivity index (χ1) is 12.2. The number of likely N-dealkylation sites (tertiary alicyclic amines) is 1. The summed E-state index contributed by atoms with van der Waals surface area (Å²) in [5.41, 5.74) is 1.11. The van der Waals surface area contributed by atoms with Crippen LogP contribution in [0, 0.1) is 17.2 Å². The Hall–Kier alpha value is -1.90. The molecule has 0 aromatic heterocycles. The second-order valence-corrected chi connectivity index (χ2v) is 7.40. The van der Waals surface area contributed by atoms with Gasteiger partial charge in [-0.2, -0.15) is 5.26 Å². The van der Waals surface area contributed by atoms with E-state index in [4.69, 9.17) is 14.7 Å². The second kappa shape index (κ2) is 7.15. The molecule has 3 fully saturated rings. The van der Waals surface area contributed by atoms with Crippen molar-refractivity contribution in [1.82, 2.24) is 4.90 Å². The Kier molecular flexibility index (Phi) is 4.74. The minimum atomic E-state index is 0.0108. The van der Waals surface area contributed by atoms with Crippen LogP contribution >= 0.6 is 0 Å². The van der Waals surface area contributed by atoms with Gasteiger partial charge in [-0.05, 0) is 56.2 Å². The zero-order valence-electron chi connectivity index (χ0n) is 14.4. The maximum atomic E-state index is 12.8. The van der Waals surface area contributed by atoms with Crippen LogP contribution in [0.4, 0.5) is 0 Å². The Morgan fingerprint density at radius 2 is 2.12 bits per heavy atom. The highest BCUT2D eigenvalue weighted by atomic mass is 16.5. The molecule has 3 aliphatic rings. The van der Waals surface area contributed by atoms with Crippen LogP contribution in [0.3, 0.4) is 0 Å². The Bertz CT molecular complexity index is 680. The Labute approximate surface area is 148 Å². The van der Waals surface area contributed by atoms with Gasteiger partial charge in [0.2, 0.25) is 0 Å². The van der Waals surface area contributed by atoms with Crippen LogP contribution in [-0.4, -0.2) is 48.8 Å². The maximum absolute atomic E-state index is 12.8. The highest BCUT2D eigenvalue weighted by Gasteiger charge is 2.42. The van der Waals surface area contributed by atoms with Crippen molar-refractivity contribution in [3.63, 3.8) is 0 Å². The molecule has 2 saturated heterocycles. The smallest absolute Gasteiger partial charge is 0.254 e. The van der Waals surface area contributed by atoms with E-state index in [0.29, 0.717) is 17.7 Å². The largest absolute Gasteiger partial charge is 0.378 e. The number of nitrogens with zero attached hydrogens (tertiary/aromatic N) is 2. The first-order valence-electron chi connectivity index (χ1n) is 9.29. The molecule has 0 radical (unpaired) electrons. The lowest BCUT2D eigenvalue weighted by molar-refractivity contribution is -0.0973. The first kappa shape index (κ1) is 16.6. The summed E-state index contributed by atoms with van der Waals surface area (Å²) in [4.78, 5) is 14.8. The summed E-state index contributed by atoms with van der Waals surface area (Å²) >= 11 is 0. The second-order valence-electron chi connectivity index (χ2n) is 7.40. The van der Waals surface area contributed by atoms with Crippen molar-refractivity contribution in [2.24, 2.45) is 5.92 Å². The normalized spacial score (nSPS) is 28.4. The maximum Gasteiger partial charge on any atom is 0.254 e.